The lowest BCUT2D eigenvalue weighted by atomic mass is 10.1. The second-order valence-corrected chi connectivity index (χ2v) is 6.71. The number of carbonyl (C=O) groups is 2. The third-order valence-corrected chi connectivity index (χ3v) is 4.71. The Bertz CT molecular complexity index is 807. The number of aliphatic hydroxyl groups excluding tert-OH is 2. The maximum atomic E-state index is 12.2. The molecule has 1 aliphatic heterocycles. The molecule has 0 radical (unpaired) electrons. The van der Waals surface area contributed by atoms with Crippen molar-refractivity contribution in [1.29, 1.82) is 0 Å². The van der Waals surface area contributed by atoms with Gasteiger partial charge in [0.2, 0.25) is 5.91 Å². The minimum absolute atomic E-state index is 0.0261. The Morgan fingerprint density at radius 3 is 2.45 bits per heavy atom. The van der Waals surface area contributed by atoms with Crippen molar-refractivity contribution in [2.45, 2.75) is 37.4 Å². The lowest BCUT2D eigenvalue weighted by molar-refractivity contribution is -0.125. The molecule has 0 aliphatic carbocycles. The zero-order valence-corrected chi connectivity index (χ0v) is 15.9. The van der Waals surface area contributed by atoms with Gasteiger partial charge < -0.3 is 34.7 Å². The summed E-state index contributed by atoms with van der Waals surface area (Å²) < 4.78 is 15.7. The second-order valence-electron chi connectivity index (χ2n) is 6.71. The molecule has 156 valence electrons. The van der Waals surface area contributed by atoms with Crippen LogP contribution < -0.4 is 15.4 Å². The van der Waals surface area contributed by atoms with Crippen LogP contribution in [-0.2, 0) is 16.1 Å². The van der Waals surface area contributed by atoms with Gasteiger partial charge in [-0.2, -0.15) is 0 Å². The van der Waals surface area contributed by atoms with Crippen molar-refractivity contribution in [3.8, 4) is 5.75 Å². The maximum Gasteiger partial charge on any atom is 0.287 e. The van der Waals surface area contributed by atoms with Gasteiger partial charge in [0.05, 0.1) is 25.9 Å². The SMILES string of the molecule is COc1ccc(CNC(=O)C[C@@H]2O[C@H](CNC(=O)c3ccco3)[C@@H](O)[C@H]2O)cc1. The Balaban J connectivity index is 1.45. The molecule has 3 rings (SSSR count). The van der Waals surface area contributed by atoms with Crippen molar-refractivity contribution < 1.29 is 33.7 Å². The topological polar surface area (TPSA) is 130 Å². The normalized spacial score (nSPS) is 23.6. The van der Waals surface area contributed by atoms with Crippen LogP contribution in [0.15, 0.2) is 47.1 Å². The third-order valence-electron chi connectivity index (χ3n) is 4.71. The Morgan fingerprint density at radius 2 is 1.79 bits per heavy atom. The van der Waals surface area contributed by atoms with E-state index >= 15 is 0 Å². The first-order chi connectivity index (χ1) is 14.0. The van der Waals surface area contributed by atoms with E-state index in [0.29, 0.717) is 6.54 Å². The number of furan rings is 1. The van der Waals surface area contributed by atoms with E-state index in [4.69, 9.17) is 13.9 Å². The predicted molar refractivity (Wildman–Crippen MR) is 101 cm³/mol. The average Bonchev–Trinajstić information content (AvgIpc) is 3.36. The average molecular weight is 404 g/mol. The zero-order chi connectivity index (χ0) is 20.8. The Morgan fingerprint density at radius 1 is 1.07 bits per heavy atom. The first-order valence-electron chi connectivity index (χ1n) is 9.21. The minimum atomic E-state index is -1.23. The standard InChI is InChI=1S/C20H24N2O7/c1-27-13-6-4-12(5-7-13)10-21-17(23)9-15-18(24)19(25)16(29-15)11-22-20(26)14-3-2-8-28-14/h2-8,15-16,18-19,24-25H,9-11H2,1H3,(H,21,23)(H,22,26)/t15-,16+,18-,19+/m0/s1. The first-order valence-corrected chi connectivity index (χ1v) is 9.21. The number of ether oxygens (including phenoxy) is 2. The summed E-state index contributed by atoms with van der Waals surface area (Å²) in [4.78, 5) is 24.1. The molecule has 9 nitrogen and oxygen atoms in total. The van der Waals surface area contributed by atoms with E-state index in [-0.39, 0.29) is 24.6 Å². The van der Waals surface area contributed by atoms with Crippen LogP contribution in [0.1, 0.15) is 22.5 Å². The molecular weight excluding hydrogens is 380 g/mol. The molecular formula is C20H24N2O7. The molecule has 1 aromatic carbocycles. The third kappa shape index (κ3) is 5.35. The molecule has 0 unspecified atom stereocenters. The number of rotatable bonds is 8. The van der Waals surface area contributed by atoms with E-state index in [1.807, 2.05) is 12.1 Å². The summed E-state index contributed by atoms with van der Waals surface area (Å²) in [6.07, 6.45) is -2.88. The summed E-state index contributed by atoms with van der Waals surface area (Å²) >= 11 is 0. The molecule has 0 bridgehead atoms. The highest BCUT2D eigenvalue weighted by Gasteiger charge is 2.43. The van der Waals surface area contributed by atoms with Gasteiger partial charge in [0.1, 0.15) is 24.1 Å². The number of amides is 2. The summed E-state index contributed by atoms with van der Waals surface area (Å²) in [6, 6.07) is 10.3. The van der Waals surface area contributed by atoms with Crippen LogP contribution in [0.4, 0.5) is 0 Å². The van der Waals surface area contributed by atoms with Crippen LogP contribution in [0.2, 0.25) is 0 Å². The molecule has 2 aromatic rings. The van der Waals surface area contributed by atoms with Gasteiger partial charge in [-0.15, -0.1) is 0 Å². The molecule has 1 aliphatic rings. The molecule has 1 fully saturated rings. The van der Waals surface area contributed by atoms with E-state index in [1.54, 1.807) is 25.3 Å². The van der Waals surface area contributed by atoms with E-state index in [1.165, 1.54) is 12.3 Å². The number of benzene rings is 1. The van der Waals surface area contributed by atoms with Gasteiger partial charge in [0.15, 0.2) is 5.76 Å². The number of aliphatic hydroxyl groups is 2. The van der Waals surface area contributed by atoms with Gasteiger partial charge in [-0.1, -0.05) is 12.1 Å². The highest BCUT2D eigenvalue weighted by Crippen LogP contribution is 2.23. The fourth-order valence-corrected chi connectivity index (χ4v) is 3.05. The summed E-state index contributed by atoms with van der Waals surface area (Å²) in [5.74, 6) is 0.0764. The van der Waals surface area contributed by atoms with Gasteiger partial charge in [-0.25, -0.2) is 0 Å². The van der Waals surface area contributed by atoms with Crippen molar-refractivity contribution >= 4 is 11.8 Å². The van der Waals surface area contributed by atoms with Gasteiger partial charge in [-0.3, -0.25) is 9.59 Å². The lowest BCUT2D eigenvalue weighted by Gasteiger charge is -2.15. The van der Waals surface area contributed by atoms with Crippen LogP contribution >= 0.6 is 0 Å². The molecule has 4 N–H and O–H groups in total. The molecule has 1 aromatic heterocycles. The largest absolute Gasteiger partial charge is 0.497 e. The molecule has 1 saturated heterocycles. The minimum Gasteiger partial charge on any atom is -0.497 e. The fourth-order valence-electron chi connectivity index (χ4n) is 3.05. The van der Waals surface area contributed by atoms with Gasteiger partial charge >= 0.3 is 0 Å². The van der Waals surface area contributed by atoms with Crippen molar-refractivity contribution in [2.75, 3.05) is 13.7 Å². The lowest BCUT2D eigenvalue weighted by Crippen LogP contribution is -2.40. The Kier molecular flexibility index (Phi) is 6.86. The molecule has 2 amide bonds. The van der Waals surface area contributed by atoms with Gasteiger partial charge in [0, 0.05) is 13.1 Å². The second kappa shape index (κ2) is 9.55. The quantitative estimate of drug-likeness (QED) is 0.495. The number of nitrogens with one attached hydrogen (secondary N) is 2. The van der Waals surface area contributed by atoms with E-state index in [2.05, 4.69) is 10.6 Å². The number of methoxy groups -OCH3 is 1. The summed E-state index contributed by atoms with van der Waals surface area (Å²) in [5.41, 5.74) is 0.894. The van der Waals surface area contributed by atoms with Gasteiger partial charge in [-0.05, 0) is 29.8 Å². The monoisotopic (exact) mass is 404 g/mol. The molecule has 0 spiro atoms. The fraction of sp³-hybridized carbons (Fsp3) is 0.400. The van der Waals surface area contributed by atoms with Crippen LogP contribution in [0, 0.1) is 0 Å². The summed E-state index contributed by atoms with van der Waals surface area (Å²) in [7, 11) is 1.58. The summed E-state index contributed by atoms with van der Waals surface area (Å²) in [6.45, 7) is 0.290. The Labute approximate surface area is 167 Å². The molecule has 4 atom stereocenters. The highest BCUT2D eigenvalue weighted by atomic mass is 16.5. The molecule has 9 heteroatoms. The van der Waals surface area contributed by atoms with Crippen LogP contribution in [-0.4, -0.2) is 60.1 Å². The van der Waals surface area contributed by atoms with Crippen molar-refractivity contribution in [1.82, 2.24) is 10.6 Å². The van der Waals surface area contributed by atoms with Crippen molar-refractivity contribution in [3.05, 3.63) is 54.0 Å². The molecule has 2 heterocycles. The number of carbonyl (C=O) groups excluding carboxylic acids is 2. The smallest absolute Gasteiger partial charge is 0.287 e. The van der Waals surface area contributed by atoms with E-state index in [9.17, 15) is 19.8 Å². The van der Waals surface area contributed by atoms with Gasteiger partial charge in [0.25, 0.3) is 5.91 Å². The Hall–Kier alpha value is -2.88. The number of hydrogen-bond donors (Lipinski definition) is 4. The first kappa shape index (κ1) is 20.8. The highest BCUT2D eigenvalue weighted by molar-refractivity contribution is 5.91. The summed E-state index contributed by atoms with van der Waals surface area (Å²) in [5, 5.41) is 25.6. The van der Waals surface area contributed by atoms with Crippen LogP contribution in [0.25, 0.3) is 0 Å². The predicted octanol–water partition coefficient (Wildman–Crippen LogP) is 0.214. The van der Waals surface area contributed by atoms with Crippen molar-refractivity contribution in [3.63, 3.8) is 0 Å². The van der Waals surface area contributed by atoms with Crippen molar-refractivity contribution in [2.24, 2.45) is 0 Å². The van der Waals surface area contributed by atoms with E-state index in [0.717, 1.165) is 11.3 Å². The van der Waals surface area contributed by atoms with Crippen LogP contribution in [0.3, 0.4) is 0 Å². The molecule has 0 saturated carbocycles. The van der Waals surface area contributed by atoms with Crippen LogP contribution in [0.5, 0.6) is 5.75 Å². The number of hydrogen-bond acceptors (Lipinski definition) is 7. The zero-order valence-electron chi connectivity index (χ0n) is 15.9. The maximum absolute atomic E-state index is 12.2. The molecule has 29 heavy (non-hydrogen) atoms. The van der Waals surface area contributed by atoms with E-state index < -0.39 is 30.3 Å².